The number of benzene rings is 2. The Morgan fingerprint density at radius 1 is 1.12 bits per heavy atom. The Bertz CT molecular complexity index is 1410. The minimum atomic E-state index is -0.629. The lowest BCUT2D eigenvalue weighted by molar-refractivity contribution is -0.114. The fourth-order valence-electron chi connectivity index (χ4n) is 4.12. The van der Waals surface area contributed by atoms with E-state index < -0.39 is 5.91 Å². The summed E-state index contributed by atoms with van der Waals surface area (Å²) in [6.45, 7) is 4.06. The van der Waals surface area contributed by atoms with E-state index in [1.165, 1.54) is 4.90 Å². The molecule has 158 valence electrons. The van der Waals surface area contributed by atoms with E-state index >= 15 is 0 Å². The first-order valence-electron chi connectivity index (χ1n) is 10.0. The van der Waals surface area contributed by atoms with Gasteiger partial charge in [-0.2, -0.15) is 5.10 Å². The lowest BCUT2D eigenvalue weighted by Gasteiger charge is -2.15. The summed E-state index contributed by atoms with van der Waals surface area (Å²) in [4.78, 5) is 30.0. The van der Waals surface area contributed by atoms with Crippen LogP contribution in [0.3, 0.4) is 0 Å². The number of primary amides is 1. The lowest BCUT2D eigenvalue weighted by atomic mass is 9.94. The van der Waals surface area contributed by atoms with E-state index in [0.29, 0.717) is 17.8 Å². The molecule has 4 aromatic rings. The number of aromatic amines is 1. The fraction of sp³-hybridized carbons (Fsp3) is 0.0833. The number of anilines is 1. The summed E-state index contributed by atoms with van der Waals surface area (Å²) in [6.07, 6.45) is 3.46. The summed E-state index contributed by atoms with van der Waals surface area (Å²) in [5, 5.41) is 8.50. The van der Waals surface area contributed by atoms with Gasteiger partial charge in [0.25, 0.3) is 5.91 Å². The molecule has 5 rings (SSSR count). The van der Waals surface area contributed by atoms with Crippen LogP contribution in [-0.2, 0) is 11.3 Å². The molecular weight excluding hydrogens is 404 g/mol. The Morgan fingerprint density at radius 3 is 2.66 bits per heavy atom. The Labute approximate surface area is 183 Å². The Morgan fingerprint density at radius 2 is 1.91 bits per heavy atom. The summed E-state index contributed by atoms with van der Waals surface area (Å²) in [5.41, 5.74) is 17.8. The third-order valence-electron chi connectivity index (χ3n) is 5.75. The number of carbonyl (C=O) groups is 2. The number of nitrogens with two attached hydrogens (primary N) is 2. The SMILES string of the molecule is C=C(CN1Cc2c(-c3ccc4[nH]nc(-c5ccncc5)c4c3)ccc(N)c2C1=O)C(N)=O. The topological polar surface area (TPSA) is 131 Å². The lowest BCUT2D eigenvalue weighted by Crippen LogP contribution is -2.30. The molecule has 1 aliphatic heterocycles. The number of nitrogen functional groups attached to an aromatic ring is 1. The van der Waals surface area contributed by atoms with E-state index in [1.54, 1.807) is 18.5 Å². The zero-order valence-corrected chi connectivity index (χ0v) is 17.1. The van der Waals surface area contributed by atoms with Gasteiger partial charge in [0, 0.05) is 41.1 Å². The number of nitrogens with one attached hydrogen (secondary N) is 1. The number of fused-ring (bicyclic) bond motifs is 2. The van der Waals surface area contributed by atoms with E-state index in [0.717, 1.165) is 38.9 Å². The molecule has 8 nitrogen and oxygen atoms in total. The molecule has 3 heterocycles. The molecule has 0 radical (unpaired) electrons. The number of amides is 2. The highest BCUT2D eigenvalue weighted by Gasteiger charge is 2.32. The van der Waals surface area contributed by atoms with Crippen molar-refractivity contribution >= 4 is 28.4 Å². The molecule has 1 aliphatic rings. The second-order valence-corrected chi connectivity index (χ2v) is 7.75. The average molecular weight is 424 g/mol. The van der Waals surface area contributed by atoms with Gasteiger partial charge in [0.2, 0.25) is 5.91 Å². The molecule has 32 heavy (non-hydrogen) atoms. The predicted octanol–water partition coefficient (Wildman–Crippen LogP) is 2.87. The standard InChI is InChI=1S/C24H20N6O2/c1-13(23(26)31)11-30-12-18-16(3-4-19(25)21(18)24(30)32)15-2-5-20-17(10-15)22(29-28-20)14-6-8-27-9-7-14/h2-10H,1,11-12,25H2,(H2,26,31)(H,28,29). The zero-order valence-electron chi connectivity index (χ0n) is 17.1. The third-order valence-corrected chi connectivity index (χ3v) is 5.75. The van der Waals surface area contributed by atoms with E-state index in [4.69, 9.17) is 11.5 Å². The van der Waals surface area contributed by atoms with Gasteiger partial charge in [-0.25, -0.2) is 0 Å². The largest absolute Gasteiger partial charge is 0.398 e. The van der Waals surface area contributed by atoms with Crippen LogP contribution in [0.4, 0.5) is 5.69 Å². The van der Waals surface area contributed by atoms with Crippen molar-refractivity contribution in [3.63, 3.8) is 0 Å². The van der Waals surface area contributed by atoms with Crippen molar-refractivity contribution in [1.82, 2.24) is 20.1 Å². The highest BCUT2D eigenvalue weighted by Crippen LogP contribution is 2.38. The monoisotopic (exact) mass is 424 g/mol. The maximum Gasteiger partial charge on any atom is 0.256 e. The maximum atomic E-state index is 13.0. The van der Waals surface area contributed by atoms with Crippen molar-refractivity contribution in [3.8, 4) is 22.4 Å². The van der Waals surface area contributed by atoms with Gasteiger partial charge < -0.3 is 16.4 Å². The highest BCUT2D eigenvalue weighted by atomic mass is 16.2. The molecule has 0 unspecified atom stereocenters. The van der Waals surface area contributed by atoms with Crippen LogP contribution in [0.1, 0.15) is 15.9 Å². The Balaban J connectivity index is 1.60. The summed E-state index contributed by atoms with van der Waals surface area (Å²) in [6, 6.07) is 13.5. The number of hydrogen-bond donors (Lipinski definition) is 3. The molecule has 0 fully saturated rings. The molecule has 2 aromatic carbocycles. The van der Waals surface area contributed by atoms with E-state index in [1.807, 2.05) is 30.3 Å². The van der Waals surface area contributed by atoms with E-state index in [2.05, 4.69) is 27.8 Å². The van der Waals surface area contributed by atoms with Crippen LogP contribution in [0.5, 0.6) is 0 Å². The van der Waals surface area contributed by atoms with Crippen LogP contribution in [0.15, 0.2) is 67.0 Å². The Kier molecular flexibility index (Phi) is 4.48. The molecule has 8 heteroatoms. The highest BCUT2D eigenvalue weighted by molar-refractivity contribution is 6.06. The van der Waals surface area contributed by atoms with Gasteiger partial charge in [-0.1, -0.05) is 18.7 Å². The van der Waals surface area contributed by atoms with Gasteiger partial charge in [-0.15, -0.1) is 0 Å². The molecule has 0 atom stereocenters. The van der Waals surface area contributed by atoms with Crippen molar-refractivity contribution in [2.75, 3.05) is 12.3 Å². The van der Waals surface area contributed by atoms with Gasteiger partial charge in [0.15, 0.2) is 0 Å². The van der Waals surface area contributed by atoms with Crippen molar-refractivity contribution < 1.29 is 9.59 Å². The predicted molar refractivity (Wildman–Crippen MR) is 122 cm³/mol. The molecule has 0 bridgehead atoms. The molecule has 2 amide bonds. The van der Waals surface area contributed by atoms with Crippen LogP contribution in [0.2, 0.25) is 0 Å². The van der Waals surface area contributed by atoms with E-state index in [-0.39, 0.29) is 18.0 Å². The summed E-state index contributed by atoms with van der Waals surface area (Å²) < 4.78 is 0. The molecule has 5 N–H and O–H groups in total. The third kappa shape index (κ3) is 3.09. The average Bonchev–Trinajstić information content (AvgIpc) is 3.36. The number of H-pyrrole nitrogens is 1. The number of pyridine rings is 1. The van der Waals surface area contributed by atoms with Crippen molar-refractivity contribution in [3.05, 3.63) is 78.1 Å². The van der Waals surface area contributed by atoms with Crippen LogP contribution >= 0.6 is 0 Å². The molecule has 0 aliphatic carbocycles. The first kappa shape index (κ1) is 19.5. The summed E-state index contributed by atoms with van der Waals surface area (Å²) in [7, 11) is 0. The number of carbonyl (C=O) groups excluding carboxylic acids is 2. The zero-order chi connectivity index (χ0) is 22.4. The van der Waals surface area contributed by atoms with Crippen LogP contribution < -0.4 is 11.5 Å². The van der Waals surface area contributed by atoms with Gasteiger partial charge in [-0.3, -0.25) is 19.7 Å². The fourth-order valence-corrected chi connectivity index (χ4v) is 4.12. The number of rotatable bonds is 5. The van der Waals surface area contributed by atoms with Gasteiger partial charge in [0.05, 0.1) is 17.6 Å². The van der Waals surface area contributed by atoms with Gasteiger partial charge in [-0.05, 0) is 47.0 Å². The van der Waals surface area contributed by atoms with Crippen LogP contribution in [0, 0.1) is 0 Å². The Hall–Kier alpha value is -4.46. The van der Waals surface area contributed by atoms with Crippen LogP contribution in [0.25, 0.3) is 33.3 Å². The smallest absolute Gasteiger partial charge is 0.256 e. The minimum absolute atomic E-state index is 0.0642. The first-order valence-corrected chi connectivity index (χ1v) is 10.0. The quantitative estimate of drug-likeness (QED) is 0.335. The van der Waals surface area contributed by atoms with Crippen LogP contribution in [-0.4, -0.2) is 38.4 Å². The summed E-state index contributed by atoms with van der Waals surface area (Å²) >= 11 is 0. The normalized spacial score (nSPS) is 12.9. The van der Waals surface area contributed by atoms with Gasteiger partial charge in [0.1, 0.15) is 5.69 Å². The van der Waals surface area contributed by atoms with Crippen molar-refractivity contribution in [1.29, 1.82) is 0 Å². The first-order chi connectivity index (χ1) is 15.4. The molecular formula is C24H20N6O2. The molecule has 0 saturated carbocycles. The minimum Gasteiger partial charge on any atom is -0.398 e. The second kappa shape index (κ2) is 7.35. The number of aromatic nitrogens is 3. The maximum absolute atomic E-state index is 13.0. The van der Waals surface area contributed by atoms with Crippen molar-refractivity contribution in [2.24, 2.45) is 5.73 Å². The molecule has 0 saturated heterocycles. The van der Waals surface area contributed by atoms with Crippen molar-refractivity contribution in [2.45, 2.75) is 6.54 Å². The summed E-state index contributed by atoms with van der Waals surface area (Å²) in [5.74, 6) is -0.861. The molecule has 2 aromatic heterocycles. The number of nitrogens with zero attached hydrogens (tertiary/aromatic N) is 3. The second-order valence-electron chi connectivity index (χ2n) is 7.75. The van der Waals surface area contributed by atoms with E-state index in [9.17, 15) is 9.59 Å². The van der Waals surface area contributed by atoms with Gasteiger partial charge >= 0.3 is 0 Å². The number of hydrogen-bond acceptors (Lipinski definition) is 5. The molecule has 0 spiro atoms.